The van der Waals surface area contributed by atoms with E-state index in [1.807, 2.05) is 11.8 Å². The largest absolute Gasteiger partial charge is 0.333 e. The monoisotopic (exact) mass is 277 g/mol. The van der Waals surface area contributed by atoms with E-state index in [1.165, 1.54) is 6.07 Å². The summed E-state index contributed by atoms with van der Waals surface area (Å²) in [5.74, 6) is -0.124. The lowest BCUT2D eigenvalue weighted by molar-refractivity contribution is -0.385. The zero-order valence-corrected chi connectivity index (χ0v) is 11.8. The lowest BCUT2D eigenvalue weighted by atomic mass is 10.1. The van der Waals surface area contributed by atoms with Gasteiger partial charge in [0.1, 0.15) is 0 Å². The van der Waals surface area contributed by atoms with Gasteiger partial charge in [0.2, 0.25) is 0 Å². The molecule has 0 aliphatic carbocycles. The average molecular weight is 277 g/mol. The summed E-state index contributed by atoms with van der Waals surface area (Å²) in [6.45, 7) is 5.95. The van der Waals surface area contributed by atoms with E-state index in [1.54, 1.807) is 19.1 Å². The van der Waals surface area contributed by atoms with Crippen LogP contribution in [0.4, 0.5) is 5.69 Å². The van der Waals surface area contributed by atoms with Crippen LogP contribution in [-0.4, -0.2) is 41.4 Å². The molecule has 0 atom stereocenters. The van der Waals surface area contributed by atoms with Crippen molar-refractivity contribution in [1.29, 1.82) is 0 Å². The first kappa shape index (κ1) is 14.5. The second-order valence-corrected chi connectivity index (χ2v) is 5.07. The third-order valence-corrected chi connectivity index (χ3v) is 3.58. The first-order valence-electron chi connectivity index (χ1n) is 6.81. The number of rotatable bonds is 5. The minimum absolute atomic E-state index is 0.000895. The predicted octanol–water partition coefficient (Wildman–Crippen LogP) is 1.73. The van der Waals surface area contributed by atoms with Crippen molar-refractivity contribution < 1.29 is 9.72 Å². The van der Waals surface area contributed by atoms with Crippen molar-refractivity contribution in [3.63, 3.8) is 0 Å². The maximum Gasteiger partial charge on any atom is 0.273 e. The molecular weight excluding hydrogens is 258 g/mol. The molecule has 0 radical (unpaired) electrons. The number of nitro benzene ring substituents is 1. The van der Waals surface area contributed by atoms with Gasteiger partial charge in [0.05, 0.1) is 11.0 Å². The van der Waals surface area contributed by atoms with Gasteiger partial charge in [0.25, 0.3) is 11.6 Å². The first-order valence-corrected chi connectivity index (χ1v) is 6.81. The van der Waals surface area contributed by atoms with E-state index >= 15 is 0 Å². The van der Waals surface area contributed by atoms with Gasteiger partial charge < -0.3 is 10.2 Å². The van der Waals surface area contributed by atoms with Crippen molar-refractivity contribution in [2.24, 2.45) is 0 Å². The zero-order chi connectivity index (χ0) is 14.7. The van der Waals surface area contributed by atoms with Crippen LogP contribution < -0.4 is 5.32 Å². The molecule has 1 aliphatic rings. The lowest BCUT2D eigenvalue weighted by Crippen LogP contribution is -2.59. The molecule has 1 saturated heterocycles. The number of nitrogens with zero attached hydrogens (tertiary/aromatic N) is 2. The molecule has 2 rings (SSSR count). The Labute approximate surface area is 117 Å². The van der Waals surface area contributed by atoms with Crippen molar-refractivity contribution >= 4 is 11.6 Å². The van der Waals surface area contributed by atoms with Gasteiger partial charge in [-0.2, -0.15) is 0 Å². The van der Waals surface area contributed by atoms with Crippen LogP contribution in [0.1, 0.15) is 29.3 Å². The molecule has 6 heteroatoms. The SMILES string of the molecule is CCCN(C(=O)c1ccc(C)c([N+](=O)[O-])c1)C1CNC1. The molecule has 0 unspecified atom stereocenters. The molecule has 0 aromatic heterocycles. The Morgan fingerprint density at radius 2 is 2.20 bits per heavy atom. The Bertz CT molecular complexity index is 526. The van der Waals surface area contributed by atoms with Crippen LogP contribution in [0.25, 0.3) is 0 Å². The van der Waals surface area contributed by atoms with Crippen LogP contribution in [0.5, 0.6) is 0 Å². The maximum atomic E-state index is 12.5. The molecule has 1 aromatic rings. The van der Waals surface area contributed by atoms with E-state index < -0.39 is 4.92 Å². The van der Waals surface area contributed by atoms with Crippen molar-refractivity contribution in [2.45, 2.75) is 26.3 Å². The number of aryl methyl sites for hydroxylation is 1. The summed E-state index contributed by atoms with van der Waals surface area (Å²) in [6.07, 6.45) is 0.871. The summed E-state index contributed by atoms with van der Waals surface area (Å²) in [6, 6.07) is 4.88. The Kier molecular flexibility index (Phi) is 4.34. The van der Waals surface area contributed by atoms with Gasteiger partial charge in [0, 0.05) is 36.8 Å². The number of nitrogens with one attached hydrogen (secondary N) is 1. The Balaban J connectivity index is 2.26. The number of carbonyl (C=O) groups is 1. The Morgan fingerprint density at radius 3 is 2.70 bits per heavy atom. The van der Waals surface area contributed by atoms with Gasteiger partial charge in [0.15, 0.2) is 0 Å². The number of amides is 1. The predicted molar refractivity (Wildman–Crippen MR) is 75.8 cm³/mol. The van der Waals surface area contributed by atoms with Crippen LogP contribution in [0.3, 0.4) is 0 Å². The van der Waals surface area contributed by atoms with Gasteiger partial charge in [-0.25, -0.2) is 0 Å². The van der Waals surface area contributed by atoms with E-state index in [-0.39, 0.29) is 17.6 Å². The van der Waals surface area contributed by atoms with E-state index in [2.05, 4.69) is 5.32 Å². The summed E-state index contributed by atoms with van der Waals surface area (Å²) in [7, 11) is 0. The molecule has 0 bridgehead atoms. The van der Waals surface area contributed by atoms with Crippen LogP contribution in [0.2, 0.25) is 0 Å². The lowest BCUT2D eigenvalue weighted by Gasteiger charge is -2.38. The van der Waals surface area contributed by atoms with Gasteiger partial charge in [-0.1, -0.05) is 13.0 Å². The molecule has 0 saturated carbocycles. The van der Waals surface area contributed by atoms with Crippen molar-refractivity contribution in [1.82, 2.24) is 10.2 Å². The van der Waals surface area contributed by atoms with Crippen molar-refractivity contribution in [3.05, 3.63) is 39.4 Å². The number of hydrogen-bond donors (Lipinski definition) is 1. The molecule has 20 heavy (non-hydrogen) atoms. The fourth-order valence-corrected chi connectivity index (χ4v) is 2.29. The fourth-order valence-electron chi connectivity index (χ4n) is 2.29. The van der Waals surface area contributed by atoms with Gasteiger partial charge in [-0.05, 0) is 19.4 Å². The number of nitro groups is 1. The standard InChI is InChI=1S/C14H19N3O3/c1-3-6-16(12-8-15-9-12)14(18)11-5-4-10(2)13(7-11)17(19)20/h4-5,7,12,15H,3,6,8-9H2,1-2H3. The highest BCUT2D eigenvalue weighted by molar-refractivity contribution is 5.95. The van der Waals surface area contributed by atoms with Crippen molar-refractivity contribution in [2.75, 3.05) is 19.6 Å². The van der Waals surface area contributed by atoms with Gasteiger partial charge in [-0.15, -0.1) is 0 Å². The molecule has 1 N–H and O–H groups in total. The minimum atomic E-state index is -0.443. The maximum absolute atomic E-state index is 12.5. The number of benzene rings is 1. The summed E-state index contributed by atoms with van der Waals surface area (Å²) in [5.41, 5.74) is 0.959. The average Bonchev–Trinajstić information content (AvgIpc) is 2.35. The molecule has 1 aromatic carbocycles. The van der Waals surface area contributed by atoms with Crippen molar-refractivity contribution in [3.8, 4) is 0 Å². The summed E-state index contributed by atoms with van der Waals surface area (Å²) >= 11 is 0. The normalized spacial score (nSPS) is 14.7. The smallest absolute Gasteiger partial charge is 0.273 e. The van der Waals surface area contributed by atoms with Crippen LogP contribution in [-0.2, 0) is 0 Å². The van der Waals surface area contributed by atoms with E-state index in [0.29, 0.717) is 17.7 Å². The molecule has 1 heterocycles. The highest BCUT2D eigenvalue weighted by Gasteiger charge is 2.29. The third-order valence-electron chi connectivity index (χ3n) is 3.58. The quantitative estimate of drug-likeness (QED) is 0.657. The Morgan fingerprint density at radius 1 is 1.50 bits per heavy atom. The summed E-state index contributed by atoms with van der Waals surface area (Å²) < 4.78 is 0. The van der Waals surface area contributed by atoms with Gasteiger partial charge >= 0.3 is 0 Å². The molecular formula is C14H19N3O3. The second-order valence-electron chi connectivity index (χ2n) is 5.07. The molecule has 108 valence electrons. The van der Waals surface area contributed by atoms with Crippen LogP contribution >= 0.6 is 0 Å². The zero-order valence-electron chi connectivity index (χ0n) is 11.8. The number of hydrogen-bond acceptors (Lipinski definition) is 4. The van der Waals surface area contributed by atoms with Crippen LogP contribution in [0, 0.1) is 17.0 Å². The third kappa shape index (κ3) is 2.80. The highest BCUT2D eigenvalue weighted by Crippen LogP contribution is 2.21. The van der Waals surface area contributed by atoms with E-state index in [9.17, 15) is 14.9 Å². The molecule has 1 fully saturated rings. The summed E-state index contributed by atoms with van der Waals surface area (Å²) in [4.78, 5) is 24.9. The number of carbonyl (C=O) groups excluding carboxylic acids is 1. The van der Waals surface area contributed by atoms with Gasteiger partial charge in [-0.3, -0.25) is 14.9 Å². The van der Waals surface area contributed by atoms with E-state index in [4.69, 9.17) is 0 Å². The van der Waals surface area contributed by atoms with E-state index in [0.717, 1.165) is 19.5 Å². The summed E-state index contributed by atoms with van der Waals surface area (Å²) in [5, 5.41) is 14.1. The highest BCUT2D eigenvalue weighted by atomic mass is 16.6. The first-order chi connectivity index (χ1) is 9.54. The Hall–Kier alpha value is -1.95. The fraction of sp³-hybridized carbons (Fsp3) is 0.500. The topological polar surface area (TPSA) is 75.5 Å². The molecule has 1 amide bonds. The second kappa shape index (κ2) is 6.00. The minimum Gasteiger partial charge on any atom is -0.333 e. The van der Waals surface area contributed by atoms with Crippen LogP contribution in [0.15, 0.2) is 18.2 Å². The molecule has 0 spiro atoms. The molecule has 6 nitrogen and oxygen atoms in total. The molecule has 1 aliphatic heterocycles.